The molecule has 1 fully saturated rings. The third-order valence-corrected chi connectivity index (χ3v) is 6.70. The first-order valence-electron chi connectivity index (χ1n) is 9.01. The van der Waals surface area contributed by atoms with Crippen LogP contribution < -0.4 is 9.86 Å². The van der Waals surface area contributed by atoms with Gasteiger partial charge in [-0.25, -0.2) is 19.8 Å². The summed E-state index contributed by atoms with van der Waals surface area (Å²) in [6, 6.07) is 11.3. The Labute approximate surface area is 172 Å². The average Bonchev–Trinajstić information content (AvgIpc) is 3.23. The summed E-state index contributed by atoms with van der Waals surface area (Å²) in [5, 5.41) is 27.5. The van der Waals surface area contributed by atoms with Gasteiger partial charge in [0.05, 0.1) is 17.5 Å². The highest BCUT2D eigenvalue weighted by molar-refractivity contribution is 7.99. The number of nitrogens with two attached hydrogens (primary N) is 1. The highest BCUT2D eigenvalue weighted by Crippen LogP contribution is 2.38. The molecule has 0 unspecified atom stereocenters. The van der Waals surface area contributed by atoms with Crippen LogP contribution in [0.4, 0.5) is 0 Å². The molecule has 2 aromatic heterocycles. The summed E-state index contributed by atoms with van der Waals surface area (Å²) in [7, 11) is -3.87. The number of nitrogens with zero attached hydrogens (tertiary/aromatic N) is 3. The predicted molar refractivity (Wildman–Crippen MR) is 108 cm³/mol. The maximum absolute atomic E-state index is 11.1. The van der Waals surface area contributed by atoms with Crippen molar-refractivity contribution in [2.75, 3.05) is 6.54 Å². The van der Waals surface area contributed by atoms with Crippen molar-refractivity contribution in [1.29, 1.82) is 0 Å². The summed E-state index contributed by atoms with van der Waals surface area (Å²) in [5.41, 5.74) is 0.648. The van der Waals surface area contributed by atoms with E-state index in [9.17, 15) is 18.6 Å². The zero-order chi connectivity index (χ0) is 20.6. The first-order chi connectivity index (χ1) is 13.8. The van der Waals surface area contributed by atoms with Crippen LogP contribution in [0.5, 0.6) is 0 Å². The highest BCUT2D eigenvalue weighted by Gasteiger charge is 2.43. The first kappa shape index (κ1) is 20.3. The van der Waals surface area contributed by atoms with Crippen LogP contribution in [-0.2, 0) is 10.2 Å². The van der Waals surface area contributed by atoms with Crippen molar-refractivity contribution < 1.29 is 18.6 Å². The largest absolute Gasteiger partial charge is 0.390 e. The predicted octanol–water partition coefficient (Wildman–Crippen LogP) is 0.658. The maximum atomic E-state index is 11.1. The Bertz CT molecular complexity index is 1110. The Kier molecular flexibility index (Phi) is 5.60. The zero-order valence-corrected chi connectivity index (χ0v) is 16.9. The molecule has 4 rings (SSSR count). The van der Waals surface area contributed by atoms with Gasteiger partial charge in [0.1, 0.15) is 23.1 Å². The minimum absolute atomic E-state index is 0.0448. The molecule has 0 saturated heterocycles. The topological polar surface area (TPSA) is 143 Å². The van der Waals surface area contributed by atoms with Crippen molar-refractivity contribution in [1.82, 2.24) is 19.3 Å². The Morgan fingerprint density at radius 1 is 1.17 bits per heavy atom. The molecule has 3 aromatic rings. The molecule has 0 amide bonds. The van der Waals surface area contributed by atoms with E-state index >= 15 is 0 Å². The summed E-state index contributed by atoms with van der Waals surface area (Å²) in [4.78, 5) is 9.80. The van der Waals surface area contributed by atoms with E-state index in [4.69, 9.17) is 5.14 Å². The standard InChI is InChI=1S/C18H21N5O4S2/c19-29(26,27)22-9-11-8-14(16(25)15(11)24)23-7-6-13-17(23)20-10-21-18(13)28-12-4-2-1-3-5-12/h1-7,10-11,14-16,22,24-25H,8-9H2,(H2,19,26,27)/t11-,14+,15+,16-/m0/s1. The van der Waals surface area contributed by atoms with Gasteiger partial charge in [0.15, 0.2) is 0 Å². The summed E-state index contributed by atoms with van der Waals surface area (Å²) in [6.45, 7) is -0.0448. The normalized spacial score (nSPS) is 24.9. The van der Waals surface area contributed by atoms with Crippen LogP contribution >= 0.6 is 11.8 Å². The fraction of sp³-hybridized carbons (Fsp3) is 0.333. The highest BCUT2D eigenvalue weighted by atomic mass is 32.2. The fourth-order valence-electron chi connectivity index (χ4n) is 3.70. The van der Waals surface area contributed by atoms with E-state index < -0.39 is 34.4 Å². The summed E-state index contributed by atoms with van der Waals surface area (Å²) in [5.74, 6) is -0.467. The van der Waals surface area contributed by atoms with E-state index in [1.165, 1.54) is 18.1 Å². The molecule has 0 bridgehead atoms. The van der Waals surface area contributed by atoms with Gasteiger partial charge in [0, 0.05) is 23.6 Å². The van der Waals surface area contributed by atoms with Gasteiger partial charge < -0.3 is 14.8 Å². The fourth-order valence-corrected chi connectivity index (χ4v) is 5.03. The second-order valence-electron chi connectivity index (χ2n) is 6.99. The first-order valence-corrected chi connectivity index (χ1v) is 11.4. The van der Waals surface area contributed by atoms with Crippen molar-refractivity contribution >= 4 is 33.0 Å². The van der Waals surface area contributed by atoms with Gasteiger partial charge in [0.25, 0.3) is 10.2 Å². The lowest BCUT2D eigenvalue weighted by molar-refractivity contribution is 0.00769. The monoisotopic (exact) mass is 435 g/mol. The third-order valence-electron chi connectivity index (χ3n) is 5.11. The molecule has 0 aliphatic heterocycles. The molecule has 1 saturated carbocycles. The van der Waals surface area contributed by atoms with Gasteiger partial charge in [-0.15, -0.1) is 0 Å². The third kappa shape index (κ3) is 4.29. The molecule has 1 aliphatic rings. The van der Waals surface area contributed by atoms with Gasteiger partial charge in [0.2, 0.25) is 0 Å². The van der Waals surface area contributed by atoms with Crippen molar-refractivity contribution in [3.05, 3.63) is 48.9 Å². The van der Waals surface area contributed by atoms with E-state index in [1.54, 1.807) is 0 Å². The van der Waals surface area contributed by atoms with Crippen molar-refractivity contribution in [2.45, 2.75) is 34.6 Å². The van der Waals surface area contributed by atoms with Gasteiger partial charge in [-0.1, -0.05) is 30.0 Å². The van der Waals surface area contributed by atoms with Crippen LogP contribution in [0.15, 0.2) is 58.8 Å². The molecule has 9 nitrogen and oxygen atoms in total. The van der Waals surface area contributed by atoms with E-state index in [0.717, 1.165) is 15.3 Å². The average molecular weight is 436 g/mol. The molecule has 2 heterocycles. The molecule has 0 spiro atoms. The number of aliphatic hydroxyl groups excluding tert-OH is 2. The van der Waals surface area contributed by atoms with Crippen molar-refractivity contribution in [2.24, 2.45) is 11.1 Å². The molecule has 5 N–H and O–H groups in total. The van der Waals surface area contributed by atoms with Crippen molar-refractivity contribution in [3.63, 3.8) is 0 Å². The maximum Gasteiger partial charge on any atom is 0.274 e. The Balaban J connectivity index is 1.60. The lowest BCUT2D eigenvalue weighted by atomic mass is 10.1. The van der Waals surface area contributed by atoms with Gasteiger partial charge in [-0.05, 0) is 24.6 Å². The van der Waals surface area contributed by atoms with E-state index in [0.29, 0.717) is 12.1 Å². The quantitative estimate of drug-likeness (QED) is 0.416. The SMILES string of the molecule is NS(=O)(=O)NC[C@@H]1C[C@@H](n2ccc3c(Sc4ccccc4)ncnc32)[C@H](O)[C@@H]1O. The number of hydrogen-bond acceptors (Lipinski definition) is 7. The molecule has 154 valence electrons. The van der Waals surface area contributed by atoms with Crippen LogP contribution in [-0.4, -0.2) is 51.9 Å². The van der Waals surface area contributed by atoms with Crippen LogP contribution in [0.3, 0.4) is 0 Å². The smallest absolute Gasteiger partial charge is 0.274 e. The number of aromatic nitrogens is 3. The Morgan fingerprint density at radius 3 is 2.66 bits per heavy atom. The number of aliphatic hydroxyl groups is 2. The number of fused-ring (bicyclic) bond motifs is 1. The Morgan fingerprint density at radius 2 is 1.93 bits per heavy atom. The van der Waals surface area contributed by atoms with Gasteiger partial charge >= 0.3 is 0 Å². The van der Waals surface area contributed by atoms with Crippen molar-refractivity contribution in [3.8, 4) is 0 Å². The van der Waals surface area contributed by atoms with E-state index in [-0.39, 0.29) is 6.54 Å². The molecule has 0 radical (unpaired) electrons. The van der Waals surface area contributed by atoms with E-state index in [2.05, 4.69) is 14.7 Å². The lowest BCUT2D eigenvalue weighted by Crippen LogP contribution is -2.38. The van der Waals surface area contributed by atoms with Gasteiger partial charge in [-0.3, -0.25) is 0 Å². The summed E-state index contributed by atoms with van der Waals surface area (Å²) in [6.07, 6.45) is 1.52. The molecule has 1 aromatic carbocycles. The van der Waals surface area contributed by atoms with Crippen LogP contribution in [0, 0.1) is 5.92 Å². The Hall–Kier alpha value is -2.02. The zero-order valence-electron chi connectivity index (χ0n) is 15.3. The molecular weight excluding hydrogens is 414 g/mol. The van der Waals surface area contributed by atoms with Crippen LogP contribution in [0.25, 0.3) is 11.0 Å². The molecule has 11 heteroatoms. The van der Waals surface area contributed by atoms with Crippen LogP contribution in [0.1, 0.15) is 12.5 Å². The minimum atomic E-state index is -3.87. The second kappa shape index (κ2) is 8.01. The number of hydrogen-bond donors (Lipinski definition) is 4. The minimum Gasteiger partial charge on any atom is -0.390 e. The number of nitrogens with one attached hydrogen (secondary N) is 1. The number of rotatable bonds is 6. The molecule has 29 heavy (non-hydrogen) atoms. The second-order valence-corrected chi connectivity index (χ2v) is 9.43. The lowest BCUT2D eigenvalue weighted by Gasteiger charge is -2.19. The number of benzene rings is 1. The molecule has 4 atom stereocenters. The summed E-state index contributed by atoms with van der Waals surface area (Å²) >= 11 is 1.52. The summed E-state index contributed by atoms with van der Waals surface area (Å²) < 4.78 is 26.3. The molecular formula is C18H21N5O4S2. The van der Waals surface area contributed by atoms with Crippen LogP contribution in [0.2, 0.25) is 0 Å². The van der Waals surface area contributed by atoms with Gasteiger partial charge in [-0.2, -0.15) is 8.42 Å². The molecule has 1 aliphatic carbocycles. The van der Waals surface area contributed by atoms with E-state index in [1.807, 2.05) is 47.2 Å².